The highest BCUT2D eigenvalue weighted by molar-refractivity contribution is 6.33. The lowest BCUT2D eigenvalue weighted by atomic mass is 9.79. The maximum atomic E-state index is 12.6. The molecule has 1 aromatic rings. The molecule has 2 saturated heterocycles. The fourth-order valence-electron chi connectivity index (χ4n) is 3.67. The molecule has 2 aliphatic rings. The number of aryl methyl sites for hydroxylation is 1. The van der Waals surface area contributed by atoms with Crippen LogP contribution in [0.2, 0.25) is 5.02 Å². The van der Waals surface area contributed by atoms with Gasteiger partial charge in [-0.05, 0) is 57.4 Å². The summed E-state index contributed by atoms with van der Waals surface area (Å²) in [5.74, 6) is 0.00622. The van der Waals surface area contributed by atoms with Crippen LogP contribution in [0.25, 0.3) is 0 Å². The van der Waals surface area contributed by atoms with Crippen LogP contribution in [0.15, 0.2) is 18.2 Å². The van der Waals surface area contributed by atoms with Crippen LogP contribution in [-0.2, 0) is 9.53 Å². The Kier molecular flexibility index (Phi) is 4.95. The van der Waals surface area contributed by atoms with Gasteiger partial charge in [0.15, 0.2) is 0 Å². The van der Waals surface area contributed by atoms with Crippen molar-refractivity contribution in [2.45, 2.75) is 39.2 Å². The molecule has 2 heterocycles. The molecule has 4 nitrogen and oxygen atoms in total. The predicted molar refractivity (Wildman–Crippen MR) is 93.0 cm³/mol. The van der Waals surface area contributed by atoms with E-state index in [0.717, 1.165) is 44.7 Å². The third-order valence-corrected chi connectivity index (χ3v) is 5.50. The number of rotatable bonds is 3. The van der Waals surface area contributed by atoms with Gasteiger partial charge in [-0.2, -0.15) is 0 Å². The normalized spacial score (nSPS) is 26.4. The molecular weight excluding hydrogens is 312 g/mol. The highest BCUT2D eigenvalue weighted by Gasteiger charge is 2.40. The molecule has 23 heavy (non-hydrogen) atoms. The van der Waals surface area contributed by atoms with Crippen LogP contribution in [-0.4, -0.2) is 43.2 Å². The van der Waals surface area contributed by atoms with Gasteiger partial charge in [-0.15, -0.1) is 0 Å². The highest BCUT2D eigenvalue weighted by Crippen LogP contribution is 2.38. The molecule has 0 aromatic heterocycles. The Morgan fingerprint density at radius 3 is 2.96 bits per heavy atom. The molecule has 2 aliphatic heterocycles. The van der Waals surface area contributed by atoms with Gasteiger partial charge in [0.1, 0.15) is 0 Å². The van der Waals surface area contributed by atoms with Crippen molar-refractivity contribution in [1.29, 1.82) is 0 Å². The smallest absolute Gasteiger partial charge is 0.241 e. The highest BCUT2D eigenvalue weighted by atomic mass is 35.5. The number of hydrogen-bond acceptors (Lipinski definition) is 3. The molecule has 2 atom stereocenters. The topological polar surface area (TPSA) is 41.6 Å². The number of carbonyl (C=O) groups excluding carboxylic acids is 1. The van der Waals surface area contributed by atoms with E-state index < -0.39 is 0 Å². The summed E-state index contributed by atoms with van der Waals surface area (Å²) in [5, 5.41) is 3.56. The van der Waals surface area contributed by atoms with E-state index in [1.807, 2.05) is 32.0 Å². The van der Waals surface area contributed by atoms with Crippen molar-refractivity contribution in [3.8, 4) is 0 Å². The summed E-state index contributed by atoms with van der Waals surface area (Å²) in [7, 11) is 0. The van der Waals surface area contributed by atoms with Gasteiger partial charge in [0.2, 0.25) is 5.91 Å². The van der Waals surface area contributed by atoms with E-state index in [1.165, 1.54) is 6.42 Å². The molecule has 1 N–H and O–H groups in total. The monoisotopic (exact) mass is 336 g/mol. The van der Waals surface area contributed by atoms with Gasteiger partial charge in [-0.1, -0.05) is 17.7 Å². The van der Waals surface area contributed by atoms with E-state index in [-0.39, 0.29) is 17.4 Å². The summed E-state index contributed by atoms with van der Waals surface area (Å²) in [6, 6.07) is 5.53. The zero-order chi connectivity index (χ0) is 16.4. The summed E-state index contributed by atoms with van der Waals surface area (Å²) in [5.41, 5.74) is 2.03. The molecule has 5 heteroatoms. The van der Waals surface area contributed by atoms with Gasteiger partial charge in [-0.25, -0.2) is 0 Å². The number of ether oxygens (including phenoxy) is 1. The number of piperidine rings is 1. The number of benzene rings is 1. The minimum Gasteiger partial charge on any atom is -0.381 e. The Balaban J connectivity index is 1.64. The van der Waals surface area contributed by atoms with Crippen LogP contribution in [0.4, 0.5) is 5.69 Å². The van der Waals surface area contributed by atoms with Gasteiger partial charge in [0, 0.05) is 18.6 Å². The van der Waals surface area contributed by atoms with Crippen molar-refractivity contribution < 1.29 is 9.53 Å². The number of nitrogens with zero attached hydrogens (tertiary/aromatic N) is 1. The van der Waals surface area contributed by atoms with E-state index in [4.69, 9.17) is 16.3 Å². The lowest BCUT2D eigenvalue weighted by Crippen LogP contribution is -2.51. The van der Waals surface area contributed by atoms with Crippen LogP contribution >= 0.6 is 11.6 Å². The zero-order valence-electron chi connectivity index (χ0n) is 13.9. The number of carbonyl (C=O) groups is 1. The molecule has 1 aromatic carbocycles. The second-order valence-electron chi connectivity index (χ2n) is 7.03. The Labute approximate surface area is 143 Å². The third kappa shape index (κ3) is 3.70. The second-order valence-corrected chi connectivity index (χ2v) is 7.43. The fraction of sp³-hybridized carbons (Fsp3) is 0.611. The van der Waals surface area contributed by atoms with Crippen LogP contribution in [0.1, 0.15) is 31.7 Å². The second kappa shape index (κ2) is 6.80. The first-order valence-electron chi connectivity index (χ1n) is 8.38. The summed E-state index contributed by atoms with van der Waals surface area (Å²) in [4.78, 5) is 14.9. The van der Waals surface area contributed by atoms with Crippen molar-refractivity contribution in [2.24, 2.45) is 5.41 Å². The molecule has 0 radical (unpaired) electrons. The van der Waals surface area contributed by atoms with Gasteiger partial charge in [-0.3, -0.25) is 9.69 Å². The number of halogens is 1. The van der Waals surface area contributed by atoms with E-state index in [0.29, 0.717) is 10.7 Å². The first-order valence-corrected chi connectivity index (χ1v) is 8.76. The van der Waals surface area contributed by atoms with Gasteiger partial charge in [0.25, 0.3) is 0 Å². The summed E-state index contributed by atoms with van der Waals surface area (Å²) < 4.78 is 5.60. The van der Waals surface area contributed by atoms with Crippen molar-refractivity contribution >= 4 is 23.2 Å². The maximum absolute atomic E-state index is 12.6. The first-order chi connectivity index (χ1) is 11.0. The number of hydrogen-bond donors (Lipinski definition) is 1. The Hall–Kier alpha value is -1.10. The van der Waals surface area contributed by atoms with Crippen LogP contribution in [0.5, 0.6) is 0 Å². The Morgan fingerprint density at radius 1 is 1.43 bits per heavy atom. The van der Waals surface area contributed by atoms with Gasteiger partial charge in [0.05, 0.1) is 23.4 Å². The maximum Gasteiger partial charge on any atom is 0.241 e. The zero-order valence-corrected chi connectivity index (χ0v) is 14.7. The van der Waals surface area contributed by atoms with E-state index in [2.05, 4.69) is 10.2 Å². The lowest BCUT2D eigenvalue weighted by molar-refractivity contribution is -0.122. The quantitative estimate of drug-likeness (QED) is 0.918. The summed E-state index contributed by atoms with van der Waals surface area (Å²) in [6.45, 7) is 7.57. The molecule has 2 fully saturated rings. The SMILES string of the molecule is Cc1ccc(NC(=O)C(C)N2CCCC3(CCOC3)C2)c(Cl)c1. The molecule has 1 amide bonds. The molecule has 0 saturated carbocycles. The largest absolute Gasteiger partial charge is 0.381 e. The average Bonchev–Trinajstić information content (AvgIpc) is 2.97. The molecule has 1 spiro atoms. The average molecular weight is 337 g/mol. The van der Waals surface area contributed by atoms with Crippen LogP contribution in [0, 0.1) is 12.3 Å². The van der Waals surface area contributed by atoms with E-state index in [1.54, 1.807) is 0 Å². The molecule has 0 aliphatic carbocycles. The van der Waals surface area contributed by atoms with Crippen molar-refractivity contribution in [3.63, 3.8) is 0 Å². The van der Waals surface area contributed by atoms with Crippen molar-refractivity contribution in [2.75, 3.05) is 31.6 Å². The minimum atomic E-state index is -0.162. The Morgan fingerprint density at radius 2 is 2.26 bits per heavy atom. The molecule has 2 unspecified atom stereocenters. The third-order valence-electron chi connectivity index (χ3n) is 5.19. The van der Waals surface area contributed by atoms with Gasteiger partial charge >= 0.3 is 0 Å². The predicted octanol–water partition coefficient (Wildman–Crippen LogP) is 3.48. The van der Waals surface area contributed by atoms with Crippen molar-refractivity contribution in [1.82, 2.24) is 4.90 Å². The van der Waals surface area contributed by atoms with Gasteiger partial charge < -0.3 is 10.1 Å². The van der Waals surface area contributed by atoms with Crippen LogP contribution in [0.3, 0.4) is 0 Å². The number of likely N-dealkylation sites (tertiary alicyclic amines) is 1. The van der Waals surface area contributed by atoms with Crippen LogP contribution < -0.4 is 5.32 Å². The summed E-state index contributed by atoms with van der Waals surface area (Å²) >= 11 is 6.22. The fourth-order valence-corrected chi connectivity index (χ4v) is 3.95. The number of anilines is 1. The van der Waals surface area contributed by atoms with E-state index >= 15 is 0 Å². The number of amides is 1. The number of nitrogens with one attached hydrogen (secondary N) is 1. The molecule has 0 bridgehead atoms. The first kappa shape index (κ1) is 16.7. The standard InChI is InChI=1S/C18H25ClN2O2/c1-13-4-5-16(15(19)10-13)20-17(22)14(2)21-8-3-6-18(11-21)7-9-23-12-18/h4-5,10,14H,3,6-9,11-12H2,1-2H3,(H,20,22). The Bertz CT molecular complexity index is 584. The lowest BCUT2D eigenvalue weighted by Gasteiger charge is -2.41. The minimum absolute atomic E-state index is 0.00622. The van der Waals surface area contributed by atoms with Crippen molar-refractivity contribution in [3.05, 3.63) is 28.8 Å². The van der Waals surface area contributed by atoms with E-state index in [9.17, 15) is 4.79 Å². The molecule has 3 rings (SSSR count). The molecule has 126 valence electrons. The molecular formula is C18H25ClN2O2. The summed E-state index contributed by atoms with van der Waals surface area (Å²) in [6.07, 6.45) is 3.45.